The van der Waals surface area contributed by atoms with E-state index in [2.05, 4.69) is 5.32 Å². The maximum atomic E-state index is 14.6. The molecular formula is C35H34Cl3N3O4S. The van der Waals surface area contributed by atoms with Crippen LogP contribution in [0, 0.1) is 0 Å². The Labute approximate surface area is 285 Å². The van der Waals surface area contributed by atoms with Crippen LogP contribution in [0.15, 0.2) is 108 Å². The van der Waals surface area contributed by atoms with E-state index in [1.807, 2.05) is 30.3 Å². The highest BCUT2D eigenvalue weighted by Crippen LogP contribution is 2.31. The van der Waals surface area contributed by atoms with Gasteiger partial charge < -0.3 is 10.2 Å². The van der Waals surface area contributed by atoms with Crippen molar-refractivity contribution in [1.29, 1.82) is 0 Å². The zero-order valence-electron chi connectivity index (χ0n) is 25.0. The molecule has 4 aromatic rings. The Morgan fingerprint density at radius 1 is 0.783 bits per heavy atom. The average Bonchev–Trinajstić information content (AvgIpc) is 3.57. The van der Waals surface area contributed by atoms with Crippen molar-refractivity contribution in [2.75, 3.05) is 10.8 Å². The van der Waals surface area contributed by atoms with E-state index in [0.29, 0.717) is 10.6 Å². The van der Waals surface area contributed by atoms with Crippen LogP contribution in [0.3, 0.4) is 0 Å². The van der Waals surface area contributed by atoms with Crippen molar-refractivity contribution in [1.82, 2.24) is 10.2 Å². The van der Waals surface area contributed by atoms with Gasteiger partial charge in [-0.25, -0.2) is 8.42 Å². The molecule has 46 heavy (non-hydrogen) atoms. The summed E-state index contributed by atoms with van der Waals surface area (Å²) in [6.07, 6.45) is 3.98. The minimum Gasteiger partial charge on any atom is -0.352 e. The molecule has 4 aromatic carbocycles. The number of rotatable bonds is 12. The van der Waals surface area contributed by atoms with Crippen LogP contribution in [-0.2, 0) is 32.6 Å². The molecule has 1 aliphatic rings. The molecule has 2 amide bonds. The van der Waals surface area contributed by atoms with E-state index in [-0.39, 0.29) is 45.5 Å². The van der Waals surface area contributed by atoms with Gasteiger partial charge in [0, 0.05) is 24.0 Å². The molecule has 0 radical (unpaired) electrons. The highest BCUT2D eigenvalue weighted by Gasteiger charge is 2.36. The predicted octanol–water partition coefficient (Wildman–Crippen LogP) is 7.54. The van der Waals surface area contributed by atoms with Gasteiger partial charge in [0.25, 0.3) is 10.0 Å². The molecule has 1 N–H and O–H groups in total. The smallest absolute Gasteiger partial charge is 0.264 e. The topological polar surface area (TPSA) is 86.8 Å². The van der Waals surface area contributed by atoms with Crippen molar-refractivity contribution in [2.45, 2.75) is 55.6 Å². The zero-order valence-corrected chi connectivity index (χ0v) is 28.1. The number of halogens is 3. The molecule has 1 aliphatic carbocycles. The van der Waals surface area contributed by atoms with E-state index in [1.54, 1.807) is 42.5 Å². The van der Waals surface area contributed by atoms with Crippen molar-refractivity contribution in [2.24, 2.45) is 0 Å². The van der Waals surface area contributed by atoms with Crippen molar-refractivity contribution in [3.63, 3.8) is 0 Å². The summed E-state index contributed by atoms with van der Waals surface area (Å²) in [6.45, 7) is -0.629. The van der Waals surface area contributed by atoms with E-state index in [4.69, 9.17) is 34.8 Å². The van der Waals surface area contributed by atoms with E-state index >= 15 is 0 Å². The van der Waals surface area contributed by atoms with Crippen molar-refractivity contribution in [3.05, 3.63) is 129 Å². The van der Waals surface area contributed by atoms with E-state index in [1.165, 1.54) is 35.2 Å². The highest BCUT2D eigenvalue weighted by molar-refractivity contribution is 7.92. The van der Waals surface area contributed by atoms with Crippen LogP contribution in [0.5, 0.6) is 0 Å². The van der Waals surface area contributed by atoms with E-state index < -0.39 is 28.5 Å². The maximum Gasteiger partial charge on any atom is 0.264 e. The lowest BCUT2D eigenvalue weighted by Gasteiger charge is -2.34. The second-order valence-corrected chi connectivity index (χ2v) is 14.3. The molecule has 0 spiro atoms. The third-order valence-corrected chi connectivity index (χ3v) is 11.0. The fourth-order valence-corrected chi connectivity index (χ4v) is 7.54. The van der Waals surface area contributed by atoms with Crippen LogP contribution >= 0.6 is 34.8 Å². The monoisotopic (exact) mass is 697 g/mol. The summed E-state index contributed by atoms with van der Waals surface area (Å²) in [4.78, 5) is 30.1. The Bertz CT molecular complexity index is 1770. The van der Waals surface area contributed by atoms with Crippen LogP contribution in [0.4, 0.5) is 5.69 Å². The first kappa shape index (κ1) is 33.8. The molecule has 0 aliphatic heterocycles. The number of nitrogens with one attached hydrogen (secondary N) is 1. The van der Waals surface area contributed by atoms with Crippen molar-refractivity contribution < 1.29 is 18.0 Å². The Morgan fingerprint density at radius 2 is 1.41 bits per heavy atom. The fraction of sp³-hybridized carbons (Fsp3) is 0.257. The van der Waals surface area contributed by atoms with Crippen molar-refractivity contribution >= 4 is 62.3 Å². The standard InChI is InChI=1S/C35H34Cl3N3O4S/c36-30-18-10-7-13-26(30)23-40(33(21-25-11-3-1-4-12-25)35(43)39-27-14-8-9-15-27)34(42)24-41(28-19-20-31(37)32(38)22-28)46(44,45)29-16-5-2-6-17-29/h1-7,10-13,16-20,22,27,33H,8-9,14-15,21,23-24H2,(H,39,43)/t33-/m1/s1. The number of carbonyl (C=O) groups excluding carboxylic acids is 2. The summed E-state index contributed by atoms with van der Waals surface area (Å²) in [5.41, 5.74) is 1.62. The third kappa shape index (κ3) is 8.23. The van der Waals surface area contributed by atoms with Gasteiger partial charge in [-0.3, -0.25) is 13.9 Å². The Balaban J connectivity index is 1.58. The normalized spacial score (nSPS) is 14.1. The molecule has 0 bridgehead atoms. The first-order valence-corrected chi connectivity index (χ1v) is 17.6. The summed E-state index contributed by atoms with van der Waals surface area (Å²) in [5, 5.41) is 3.95. The number of benzene rings is 4. The largest absolute Gasteiger partial charge is 0.352 e. The molecule has 0 unspecified atom stereocenters. The summed E-state index contributed by atoms with van der Waals surface area (Å²) < 4.78 is 29.2. The molecule has 11 heteroatoms. The SMILES string of the molecule is O=C(NC1CCCC1)[C@@H](Cc1ccccc1)N(Cc1ccccc1Cl)C(=O)CN(c1ccc(Cl)c(Cl)c1)S(=O)(=O)c1ccccc1. The molecule has 1 saturated carbocycles. The second-order valence-electron chi connectivity index (χ2n) is 11.2. The fourth-order valence-electron chi connectivity index (χ4n) is 5.62. The lowest BCUT2D eigenvalue weighted by Crippen LogP contribution is -2.54. The highest BCUT2D eigenvalue weighted by atomic mass is 35.5. The quantitative estimate of drug-likeness (QED) is 0.166. The molecule has 5 rings (SSSR count). The first-order chi connectivity index (χ1) is 22.1. The van der Waals surface area contributed by atoms with Gasteiger partial charge in [-0.05, 0) is 60.4 Å². The van der Waals surface area contributed by atoms with Crippen LogP contribution in [0.2, 0.25) is 15.1 Å². The van der Waals surface area contributed by atoms with Crippen LogP contribution in [-0.4, -0.2) is 43.8 Å². The van der Waals surface area contributed by atoms with Gasteiger partial charge in [0.1, 0.15) is 12.6 Å². The van der Waals surface area contributed by atoms with E-state index in [0.717, 1.165) is 35.6 Å². The summed E-state index contributed by atoms with van der Waals surface area (Å²) in [6, 6.07) is 27.8. The van der Waals surface area contributed by atoms with Crippen molar-refractivity contribution in [3.8, 4) is 0 Å². The molecule has 0 aromatic heterocycles. The van der Waals surface area contributed by atoms with Gasteiger partial charge in [-0.15, -0.1) is 0 Å². The Kier molecular flexibility index (Phi) is 11.3. The number of carbonyl (C=O) groups is 2. The minimum absolute atomic E-state index is 0.00802. The van der Waals surface area contributed by atoms with E-state index in [9.17, 15) is 18.0 Å². The summed E-state index contributed by atoms with van der Waals surface area (Å²) in [5.74, 6) is -0.892. The molecule has 1 fully saturated rings. The van der Waals surface area contributed by atoms with Gasteiger partial charge in [-0.2, -0.15) is 0 Å². The average molecular weight is 699 g/mol. The van der Waals surface area contributed by atoms with Gasteiger partial charge in [0.2, 0.25) is 11.8 Å². The molecule has 0 heterocycles. The molecule has 1 atom stereocenters. The first-order valence-electron chi connectivity index (χ1n) is 15.0. The number of amides is 2. The third-order valence-electron chi connectivity index (χ3n) is 8.07. The zero-order chi connectivity index (χ0) is 32.7. The van der Waals surface area contributed by atoms with Gasteiger partial charge in [-0.1, -0.05) is 114 Å². The predicted molar refractivity (Wildman–Crippen MR) is 184 cm³/mol. The molecular weight excluding hydrogens is 665 g/mol. The minimum atomic E-state index is -4.26. The number of anilines is 1. The molecule has 240 valence electrons. The Hall–Kier alpha value is -3.56. The van der Waals surface area contributed by atoms with Crippen LogP contribution in [0.1, 0.15) is 36.8 Å². The molecule has 0 saturated heterocycles. The lowest BCUT2D eigenvalue weighted by atomic mass is 10.0. The van der Waals surface area contributed by atoms with Gasteiger partial charge >= 0.3 is 0 Å². The number of hydrogen-bond donors (Lipinski definition) is 1. The molecule has 7 nitrogen and oxygen atoms in total. The number of nitrogens with zero attached hydrogens (tertiary/aromatic N) is 2. The Morgan fingerprint density at radius 3 is 2.07 bits per heavy atom. The lowest BCUT2D eigenvalue weighted by molar-refractivity contribution is -0.140. The van der Waals surface area contributed by atoms with Crippen LogP contribution in [0.25, 0.3) is 0 Å². The number of sulfonamides is 1. The van der Waals surface area contributed by atoms with Gasteiger partial charge in [0.05, 0.1) is 20.6 Å². The number of hydrogen-bond acceptors (Lipinski definition) is 4. The maximum absolute atomic E-state index is 14.6. The van der Waals surface area contributed by atoms with Gasteiger partial charge in [0.15, 0.2) is 0 Å². The second kappa shape index (κ2) is 15.4. The summed E-state index contributed by atoms with van der Waals surface area (Å²) in [7, 11) is -4.26. The summed E-state index contributed by atoms with van der Waals surface area (Å²) >= 11 is 19.1. The van der Waals surface area contributed by atoms with Crippen LogP contribution < -0.4 is 9.62 Å².